The quantitative estimate of drug-likeness (QED) is 0.228. The van der Waals surface area contributed by atoms with Gasteiger partial charge in [-0.05, 0) is 0 Å². The van der Waals surface area contributed by atoms with Gasteiger partial charge in [-0.2, -0.15) is 0 Å². The molecular weight excluding hydrogens is 292 g/mol. The molecule has 0 spiro atoms. The molecular formula is C11H22O10. The van der Waals surface area contributed by atoms with Gasteiger partial charge in [0.1, 0.15) is 54.9 Å². The first kappa shape index (κ1) is 18.6. The second-order valence-corrected chi connectivity index (χ2v) is 5.02. The largest absolute Gasteiger partial charge is 0.394 e. The van der Waals surface area contributed by atoms with E-state index in [1.165, 1.54) is 0 Å². The first-order valence-electron chi connectivity index (χ1n) is 6.39. The maximum absolute atomic E-state index is 9.88. The van der Waals surface area contributed by atoms with E-state index in [0.717, 1.165) is 0 Å². The number of ether oxygens (including phenoxy) is 1. The molecule has 1 fully saturated rings. The van der Waals surface area contributed by atoms with Crippen LogP contribution < -0.4 is 0 Å². The van der Waals surface area contributed by atoms with Crippen molar-refractivity contribution < 1.29 is 50.7 Å². The molecule has 0 amide bonds. The molecule has 0 aromatic rings. The maximum atomic E-state index is 9.88. The van der Waals surface area contributed by atoms with E-state index < -0.39 is 68.1 Å². The van der Waals surface area contributed by atoms with Crippen LogP contribution in [0.3, 0.4) is 0 Å². The molecule has 2 unspecified atom stereocenters. The fourth-order valence-electron chi connectivity index (χ4n) is 2.14. The Kier molecular flexibility index (Phi) is 6.87. The average Bonchev–Trinajstić information content (AvgIpc) is 2.50. The van der Waals surface area contributed by atoms with Crippen molar-refractivity contribution in [1.29, 1.82) is 0 Å². The number of aliphatic hydroxyl groups excluding tert-OH is 9. The summed E-state index contributed by atoms with van der Waals surface area (Å²) in [6.45, 7) is -1.59. The summed E-state index contributed by atoms with van der Waals surface area (Å²) in [7, 11) is 0. The Labute approximate surface area is 120 Å². The highest BCUT2D eigenvalue weighted by molar-refractivity contribution is 4.97. The Bertz CT molecular complexity index is 313. The summed E-state index contributed by atoms with van der Waals surface area (Å²) in [5.74, 6) is 0. The van der Waals surface area contributed by atoms with E-state index in [1.807, 2.05) is 0 Å². The van der Waals surface area contributed by atoms with Crippen LogP contribution in [0.4, 0.5) is 0 Å². The summed E-state index contributed by atoms with van der Waals surface area (Å²) in [6, 6.07) is 0. The molecule has 1 saturated heterocycles. The molecule has 10 heteroatoms. The van der Waals surface area contributed by atoms with Gasteiger partial charge in [-0.15, -0.1) is 0 Å². The normalized spacial score (nSPS) is 39.6. The van der Waals surface area contributed by atoms with Crippen molar-refractivity contribution >= 4 is 0 Å². The molecule has 0 bridgehead atoms. The van der Waals surface area contributed by atoms with Gasteiger partial charge in [0, 0.05) is 0 Å². The van der Waals surface area contributed by atoms with E-state index in [1.54, 1.807) is 0 Å². The van der Waals surface area contributed by atoms with Crippen LogP contribution in [0.1, 0.15) is 0 Å². The number of hydrogen-bond acceptors (Lipinski definition) is 10. The number of hydrogen-bond donors (Lipinski definition) is 9. The molecule has 9 N–H and O–H groups in total. The first-order chi connectivity index (χ1) is 9.76. The van der Waals surface area contributed by atoms with Gasteiger partial charge < -0.3 is 50.7 Å². The Hall–Kier alpha value is -0.400. The molecule has 0 saturated carbocycles. The van der Waals surface area contributed by atoms with Crippen molar-refractivity contribution in [2.75, 3.05) is 13.2 Å². The van der Waals surface area contributed by atoms with Crippen LogP contribution in [-0.2, 0) is 4.74 Å². The van der Waals surface area contributed by atoms with Crippen LogP contribution in [0.2, 0.25) is 0 Å². The average molecular weight is 314 g/mol. The first-order valence-corrected chi connectivity index (χ1v) is 6.39. The number of rotatable bonds is 6. The fourth-order valence-corrected chi connectivity index (χ4v) is 2.14. The smallest absolute Gasteiger partial charge is 0.115 e. The minimum atomic E-state index is -2.01. The summed E-state index contributed by atoms with van der Waals surface area (Å²) in [4.78, 5) is 0. The van der Waals surface area contributed by atoms with Gasteiger partial charge in [0.2, 0.25) is 0 Å². The van der Waals surface area contributed by atoms with Crippen molar-refractivity contribution in [3.63, 3.8) is 0 Å². The highest BCUT2D eigenvalue weighted by atomic mass is 16.6. The Morgan fingerprint density at radius 3 is 1.86 bits per heavy atom. The zero-order valence-electron chi connectivity index (χ0n) is 11.0. The van der Waals surface area contributed by atoms with Gasteiger partial charge in [-0.3, -0.25) is 0 Å². The molecule has 10 nitrogen and oxygen atoms in total. The SMILES string of the molecule is OC[C@@H](O)[C@@H](O)[C@@H](O)C(O)C1O[C@H](CO)[C@@H](O)[C@H](O)[C@H]1O. The summed E-state index contributed by atoms with van der Waals surface area (Å²) in [5.41, 5.74) is 0. The zero-order chi connectivity index (χ0) is 16.3. The van der Waals surface area contributed by atoms with Crippen LogP contribution in [0.5, 0.6) is 0 Å². The van der Waals surface area contributed by atoms with E-state index in [4.69, 9.17) is 14.9 Å². The van der Waals surface area contributed by atoms with Crippen LogP contribution in [0, 0.1) is 0 Å². The molecule has 0 aromatic heterocycles. The Balaban J connectivity index is 2.82. The van der Waals surface area contributed by atoms with E-state index in [2.05, 4.69) is 0 Å². The number of aliphatic hydroxyl groups is 9. The van der Waals surface area contributed by atoms with E-state index in [0.29, 0.717) is 0 Å². The second kappa shape index (κ2) is 7.74. The lowest BCUT2D eigenvalue weighted by atomic mass is 9.88. The summed E-state index contributed by atoms with van der Waals surface area (Å²) < 4.78 is 5.00. The molecule has 0 aliphatic carbocycles. The van der Waals surface area contributed by atoms with Crippen molar-refractivity contribution in [3.8, 4) is 0 Å². The second-order valence-electron chi connectivity index (χ2n) is 5.02. The van der Waals surface area contributed by atoms with Crippen LogP contribution in [0.15, 0.2) is 0 Å². The van der Waals surface area contributed by atoms with Crippen LogP contribution in [0.25, 0.3) is 0 Å². The van der Waals surface area contributed by atoms with E-state index >= 15 is 0 Å². The van der Waals surface area contributed by atoms with Crippen LogP contribution >= 0.6 is 0 Å². The molecule has 126 valence electrons. The van der Waals surface area contributed by atoms with Crippen molar-refractivity contribution in [2.45, 2.75) is 54.9 Å². The summed E-state index contributed by atoms with van der Waals surface area (Å²) in [6.07, 6.45) is -15.7. The predicted octanol–water partition coefficient (Wildman–Crippen LogP) is -5.74. The van der Waals surface area contributed by atoms with Gasteiger partial charge in [0.25, 0.3) is 0 Å². The third-order valence-corrected chi connectivity index (χ3v) is 3.55. The Morgan fingerprint density at radius 1 is 0.810 bits per heavy atom. The molecule has 1 aliphatic rings. The third-order valence-electron chi connectivity index (χ3n) is 3.55. The fraction of sp³-hybridized carbons (Fsp3) is 1.00. The maximum Gasteiger partial charge on any atom is 0.115 e. The lowest BCUT2D eigenvalue weighted by Crippen LogP contribution is -2.64. The van der Waals surface area contributed by atoms with E-state index in [-0.39, 0.29) is 0 Å². The van der Waals surface area contributed by atoms with Gasteiger partial charge in [-0.1, -0.05) is 0 Å². The van der Waals surface area contributed by atoms with Gasteiger partial charge in [0.05, 0.1) is 13.2 Å². The van der Waals surface area contributed by atoms with Crippen molar-refractivity contribution in [3.05, 3.63) is 0 Å². The lowest BCUT2D eigenvalue weighted by Gasteiger charge is -2.43. The van der Waals surface area contributed by atoms with Gasteiger partial charge in [0.15, 0.2) is 0 Å². The summed E-state index contributed by atoms with van der Waals surface area (Å²) in [5, 5.41) is 84.8. The zero-order valence-corrected chi connectivity index (χ0v) is 11.0. The highest BCUT2D eigenvalue weighted by Gasteiger charge is 2.48. The standard InChI is InChI=1S/C11H22O10/c12-1-3(14)5(15)7(17)9(19)11-10(20)8(18)6(16)4(2-13)21-11/h3-20H,1-2H2/t3-,4-,5-,6-,7-,8+,9?,10-,11?/m1/s1. The molecule has 1 rings (SSSR count). The minimum absolute atomic E-state index is 0.716. The minimum Gasteiger partial charge on any atom is -0.394 e. The summed E-state index contributed by atoms with van der Waals surface area (Å²) >= 11 is 0. The molecule has 21 heavy (non-hydrogen) atoms. The van der Waals surface area contributed by atoms with Crippen molar-refractivity contribution in [2.24, 2.45) is 0 Å². The molecule has 1 heterocycles. The van der Waals surface area contributed by atoms with Gasteiger partial charge in [-0.25, -0.2) is 0 Å². The predicted molar refractivity (Wildman–Crippen MR) is 64.9 cm³/mol. The third kappa shape index (κ3) is 3.87. The molecule has 9 atom stereocenters. The van der Waals surface area contributed by atoms with Crippen molar-refractivity contribution in [1.82, 2.24) is 0 Å². The monoisotopic (exact) mass is 314 g/mol. The van der Waals surface area contributed by atoms with Crippen LogP contribution in [-0.4, -0.2) is 114 Å². The highest BCUT2D eigenvalue weighted by Crippen LogP contribution is 2.25. The lowest BCUT2D eigenvalue weighted by molar-refractivity contribution is -0.263. The Morgan fingerprint density at radius 2 is 1.38 bits per heavy atom. The molecule has 0 radical (unpaired) electrons. The molecule has 1 aliphatic heterocycles. The van der Waals surface area contributed by atoms with Gasteiger partial charge >= 0.3 is 0 Å². The van der Waals surface area contributed by atoms with E-state index in [9.17, 15) is 35.7 Å². The topological polar surface area (TPSA) is 191 Å². The molecule has 0 aromatic carbocycles.